The van der Waals surface area contributed by atoms with Crippen LogP contribution >= 0.6 is 24.8 Å². The number of likely N-dealkylation sites (tertiary alicyclic amines) is 1. The summed E-state index contributed by atoms with van der Waals surface area (Å²) in [5, 5.41) is 3.04. The number of carbonyl (C=O) groups is 1. The topological polar surface area (TPSA) is 50.2 Å². The van der Waals surface area contributed by atoms with Gasteiger partial charge in [-0.1, -0.05) is 12.1 Å². The average molecular weight is 359 g/mol. The van der Waals surface area contributed by atoms with Gasteiger partial charge in [-0.05, 0) is 32.0 Å². The van der Waals surface area contributed by atoms with E-state index in [2.05, 4.69) is 16.0 Å². The highest BCUT2D eigenvalue weighted by atomic mass is 35.5. The lowest BCUT2D eigenvalue weighted by Gasteiger charge is -2.24. The van der Waals surface area contributed by atoms with E-state index >= 15 is 0 Å². The number of fused-ring (bicyclic) bond motifs is 1. The zero-order valence-corrected chi connectivity index (χ0v) is 15.1. The third-order valence-corrected chi connectivity index (χ3v) is 4.28. The summed E-state index contributed by atoms with van der Waals surface area (Å²) in [4.78, 5) is 19.1. The summed E-state index contributed by atoms with van der Waals surface area (Å²) >= 11 is 0. The van der Waals surface area contributed by atoms with Gasteiger partial charge in [0.25, 0.3) is 0 Å². The third kappa shape index (κ3) is 3.79. The fourth-order valence-electron chi connectivity index (χ4n) is 3.17. The second kappa shape index (κ2) is 8.52. The molecular weight excluding hydrogens is 335 g/mol. The maximum atomic E-state index is 12.4. The quantitative estimate of drug-likeness (QED) is 0.913. The number of halogens is 2. The lowest BCUT2D eigenvalue weighted by Crippen LogP contribution is -2.33. The van der Waals surface area contributed by atoms with Crippen molar-refractivity contribution in [2.24, 2.45) is 7.05 Å². The Labute approximate surface area is 149 Å². The molecule has 1 aliphatic heterocycles. The fraction of sp³-hybridized carbons (Fsp3) is 0.500. The number of amides is 1. The number of aryl methyl sites for hydroxylation is 1. The van der Waals surface area contributed by atoms with Gasteiger partial charge in [0.15, 0.2) is 0 Å². The van der Waals surface area contributed by atoms with Gasteiger partial charge in [-0.3, -0.25) is 4.79 Å². The molecular formula is C16H24Cl2N4O. The Hall–Kier alpha value is -1.30. The zero-order valence-electron chi connectivity index (χ0n) is 13.5. The number of hydrogen-bond acceptors (Lipinski definition) is 3. The summed E-state index contributed by atoms with van der Waals surface area (Å²) < 4.78 is 2.13. The minimum absolute atomic E-state index is 0. The first-order valence-corrected chi connectivity index (χ1v) is 7.58. The van der Waals surface area contributed by atoms with Crippen molar-refractivity contribution in [3.63, 3.8) is 0 Å². The highest BCUT2D eigenvalue weighted by Gasteiger charge is 2.32. The van der Waals surface area contributed by atoms with Gasteiger partial charge in [0.1, 0.15) is 5.82 Å². The van der Waals surface area contributed by atoms with E-state index in [1.807, 2.05) is 37.2 Å². The molecule has 3 rings (SSSR count). The monoisotopic (exact) mass is 358 g/mol. The largest absolute Gasteiger partial charge is 0.332 e. The Morgan fingerprint density at radius 1 is 1.35 bits per heavy atom. The van der Waals surface area contributed by atoms with Gasteiger partial charge in [-0.2, -0.15) is 0 Å². The smallest absolute Gasteiger partial charge is 0.224 e. The molecule has 23 heavy (non-hydrogen) atoms. The van der Waals surface area contributed by atoms with Gasteiger partial charge in [-0.25, -0.2) is 4.98 Å². The number of rotatable bonds is 4. The van der Waals surface area contributed by atoms with Crippen molar-refractivity contribution >= 4 is 41.8 Å². The first-order valence-electron chi connectivity index (χ1n) is 7.58. The van der Waals surface area contributed by atoms with Crippen molar-refractivity contribution in [2.75, 3.05) is 20.1 Å². The van der Waals surface area contributed by atoms with Crippen LogP contribution in [0.1, 0.15) is 31.1 Å². The fourth-order valence-corrected chi connectivity index (χ4v) is 3.17. The van der Waals surface area contributed by atoms with E-state index in [1.54, 1.807) is 0 Å². The number of para-hydroxylation sites is 2. The molecule has 0 bridgehead atoms. The maximum Gasteiger partial charge on any atom is 0.224 e. The molecule has 1 unspecified atom stereocenters. The van der Waals surface area contributed by atoms with Crippen molar-refractivity contribution in [1.82, 2.24) is 19.8 Å². The summed E-state index contributed by atoms with van der Waals surface area (Å²) in [6.45, 7) is 1.57. The zero-order chi connectivity index (χ0) is 14.8. The molecule has 0 aliphatic carbocycles. The molecule has 2 heterocycles. The molecule has 0 radical (unpaired) electrons. The number of hydrogen-bond donors (Lipinski definition) is 1. The van der Waals surface area contributed by atoms with Crippen LogP contribution in [0, 0.1) is 0 Å². The van der Waals surface area contributed by atoms with E-state index in [9.17, 15) is 4.79 Å². The molecule has 1 atom stereocenters. The normalized spacial score (nSPS) is 17.0. The molecule has 5 nitrogen and oxygen atoms in total. The predicted octanol–water partition coefficient (Wildman–Crippen LogP) is 2.69. The van der Waals surface area contributed by atoms with Crippen LogP contribution in [0.4, 0.5) is 0 Å². The van der Waals surface area contributed by atoms with Crippen molar-refractivity contribution < 1.29 is 4.79 Å². The number of aromatic nitrogens is 2. The summed E-state index contributed by atoms with van der Waals surface area (Å²) in [5.41, 5.74) is 2.13. The Morgan fingerprint density at radius 3 is 2.78 bits per heavy atom. The lowest BCUT2D eigenvalue weighted by atomic mass is 10.2. The SMILES string of the molecule is CNCCC(=O)N1CCCC1c1nc2ccccc2n1C.Cl.Cl. The van der Waals surface area contributed by atoms with E-state index < -0.39 is 0 Å². The van der Waals surface area contributed by atoms with Crippen molar-refractivity contribution in [2.45, 2.75) is 25.3 Å². The molecule has 0 saturated carbocycles. The number of benzene rings is 1. The van der Waals surface area contributed by atoms with Crippen LogP contribution in [0.25, 0.3) is 11.0 Å². The molecule has 1 aliphatic rings. The van der Waals surface area contributed by atoms with Gasteiger partial charge < -0.3 is 14.8 Å². The molecule has 0 spiro atoms. The molecule has 2 aromatic rings. The highest BCUT2D eigenvalue weighted by Crippen LogP contribution is 2.33. The molecule has 128 valence electrons. The Kier molecular flexibility index (Phi) is 7.32. The molecule has 1 aromatic heterocycles. The Morgan fingerprint density at radius 2 is 2.09 bits per heavy atom. The van der Waals surface area contributed by atoms with Gasteiger partial charge in [0.05, 0.1) is 17.1 Å². The van der Waals surface area contributed by atoms with Gasteiger partial charge in [0, 0.05) is 26.6 Å². The minimum Gasteiger partial charge on any atom is -0.332 e. The van der Waals surface area contributed by atoms with Gasteiger partial charge >= 0.3 is 0 Å². The second-order valence-electron chi connectivity index (χ2n) is 5.62. The number of carbonyl (C=O) groups excluding carboxylic acids is 1. The average Bonchev–Trinajstić information content (AvgIpc) is 3.10. The highest BCUT2D eigenvalue weighted by molar-refractivity contribution is 5.85. The number of nitrogens with zero attached hydrogens (tertiary/aromatic N) is 3. The summed E-state index contributed by atoms with van der Waals surface area (Å²) in [6, 6.07) is 8.25. The number of nitrogens with one attached hydrogen (secondary N) is 1. The van der Waals surface area contributed by atoms with Gasteiger partial charge in [0.2, 0.25) is 5.91 Å². The van der Waals surface area contributed by atoms with E-state index in [1.165, 1.54) is 0 Å². The predicted molar refractivity (Wildman–Crippen MR) is 97.4 cm³/mol. The lowest BCUT2D eigenvalue weighted by molar-refractivity contribution is -0.132. The van der Waals surface area contributed by atoms with Crippen LogP contribution in [0.2, 0.25) is 0 Å². The molecule has 1 amide bonds. The Balaban J connectivity index is 0.00000132. The molecule has 1 saturated heterocycles. The van der Waals surface area contributed by atoms with E-state index in [-0.39, 0.29) is 36.8 Å². The first kappa shape index (κ1) is 19.7. The molecule has 7 heteroatoms. The molecule has 1 fully saturated rings. The first-order chi connectivity index (χ1) is 10.2. The van der Waals surface area contributed by atoms with Crippen LogP contribution < -0.4 is 5.32 Å². The summed E-state index contributed by atoms with van der Waals surface area (Å²) in [7, 11) is 3.92. The molecule has 1 N–H and O–H groups in total. The van der Waals surface area contributed by atoms with Crippen LogP contribution in [-0.4, -0.2) is 40.5 Å². The van der Waals surface area contributed by atoms with Crippen LogP contribution in [-0.2, 0) is 11.8 Å². The van der Waals surface area contributed by atoms with E-state index in [0.29, 0.717) is 6.42 Å². The van der Waals surface area contributed by atoms with Crippen molar-refractivity contribution in [1.29, 1.82) is 0 Å². The maximum absolute atomic E-state index is 12.4. The standard InChI is InChI=1S/C16H22N4O.2ClH/c1-17-10-9-15(21)20-11-5-8-14(20)16-18-12-6-3-4-7-13(12)19(16)2;;/h3-4,6-7,14,17H,5,8-11H2,1-2H3;2*1H. The summed E-state index contributed by atoms with van der Waals surface area (Å²) in [5.74, 6) is 1.23. The van der Waals surface area contributed by atoms with Crippen LogP contribution in [0.3, 0.4) is 0 Å². The third-order valence-electron chi connectivity index (χ3n) is 4.28. The van der Waals surface area contributed by atoms with Gasteiger partial charge in [-0.15, -0.1) is 24.8 Å². The molecule has 1 aromatic carbocycles. The van der Waals surface area contributed by atoms with Crippen LogP contribution in [0.5, 0.6) is 0 Å². The summed E-state index contributed by atoms with van der Waals surface area (Å²) in [6.07, 6.45) is 2.61. The number of imidazole rings is 1. The Bertz CT molecular complexity index is 659. The van der Waals surface area contributed by atoms with Crippen molar-refractivity contribution in [3.8, 4) is 0 Å². The second-order valence-corrected chi connectivity index (χ2v) is 5.62. The minimum atomic E-state index is 0. The van der Waals surface area contributed by atoms with E-state index in [0.717, 1.165) is 42.8 Å². The van der Waals surface area contributed by atoms with Crippen molar-refractivity contribution in [3.05, 3.63) is 30.1 Å². The van der Waals surface area contributed by atoms with E-state index in [4.69, 9.17) is 4.98 Å². The van der Waals surface area contributed by atoms with Crippen LogP contribution in [0.15, 0.2) is 24.3 Å².